The van der Waals surface area contributed by atoms with E-state index >= 15 is 0 Å². The first kappa shape index (κ1) is 10.2. The monoisotopic (exact) mass is 185 g/mol. The molecule has 3 nitrogen and oxygen atoms in total. The fraction of sp³-hybridized carbons (Fsp3) is 0.364. The third-order valence-corrected chi connectivity index (χ3v) is 2.09. The fourth-order valence-corrected chi connectivity index (χ4v) is 1.28. The molecule has 0 radical (unpaired) electrons. The number of nitrogens with zero attached hydrogens (tertiary/aromatic N) is 3. The van der Waals surface area contributed by atoms with Gasteiger partial charge in [0.05, 0.1) is 29.7 Å². The van der Waals surface area contributed by atoms with Crippen molar-refractivity contribution in [3.63, 3.8) is 0 Å². The number of pyridine rings is 1. The predicted octanol–water partition coefficient (Wildman–Crippen LogP) is 1.95. The van der Waals surface area contributed by atoms with E-state index in [0.29, 0.717) is 5.69 Å². The highest BCUT2D eigenvalue weighted by Gasteiger charge is 2.23. The van der Waals surface area contributed by atoms with Crippen molar-refractivity contribution in [2.75, 3.05) is 0 Å². The molecule has 0 amide bonds. The lowest BCUT2D eigenvalue weighted by molar-refractivity contribution is 0.672. The molecule has 1 heterocycles. The zero-order valence-corrected chi connectivity index (χ0v) is 8.28. The number of aromatic nitrogens is 1. The van der Waals surface area contributed by atoms with Gasteiger partial charge in [-0.2, -0.15) is 10.5 Å². The van der Waals surface area contributed by atoms with Crippen LogP contribution < -0.4 is 0 Å². The summed E-state index contributed by atoms with van der Waals surface area (Å²) in [6, 6.07) is 7.89. The zero-order chi connectivity index (χ0) is 10.6. The van der Waals surface area contributed by atoms with Crippen molar-refractivity contribution in [2.24, 2.45) is 0 Å². The van der Waals surface area contributed by atoms with E-state index in [1.54, 1.807) is 12.3 Å². The van der Waals surface area contributed by atoms with Crippen LogP contribution in [0, 0.1) is 22.7 Å². The highest BCUT2D eigenvalue weighted by molar-refractivity contribution is 5.34. The van der Waals surface area contributed by atoms with Crippen LogP contribution in [0.5, 0.6) is 0 Å². The van der Waals surface area contributed by atoms with Gasteiger partial charge in [0.25, 0.3) is 0 Å². The second-order valence-corrected chi connectivity index (χ2v) is 3.57. The summed E-state index contributed by atoms with van der Waals surface area (Å²) >= 11 is 0. The van der Waals surface area contributed by atoms with E-state index in [2.05, 4.69) is 11.1 Å². The normalized spacial score (nSPS) is 10.3. The molecular weight excluding hydrogens is 174 g/mol. The van der Waals surface area contributed by atoms with E-state index in [-0.39, 0.29) is 6.42 Å². The lowest BCUT2D eigenvalue weighted by atomic mass is 9.85. The van der Waals surface area contributed by atoms with Crippen LogP contribution in [-0.2, 0) is 11.8 Å². The predicted molar refractivity (Wildman–Crippen MR) is 52.2 cm³/mol. The molecular formula is C11H11N3. The lowest BCUT2D eigenvalue weighted by Gasteiger charge is -2.17. The Morgan fingerprint density at radius 2 is 2.14 bits per heavy atom. The van der Waals surface area contributed by atoms with Crippen molar-refractivity contribution in [1.82, 2.24) is 4.98 Å². The largest absolute Gasteiger partial charge is 0.260 e. The molecule has 0 aliphatic carbocycles. The third-order valence-electron chi connectivity index (χ3n) is 2.09. The number of hydrogen-bond acceptors (Lipinski definition) is 3. The van der Waals surface area contributed by atoms with Gasteiger partial charge < -0.3 is 0 Å². The SMILES string of the molecule is CC(C)(C#N)c1cccnc1CC#N. The minimum atomic E-state index is -0.583. The van der Waals surface area contributed by atoms with Gasteiger partial charge in [-0.1, -0.05) is 6.07 Å². The Balaban J connectivity index is 3.23. The maximum Gasteiger partial charge on any atom is 0.0784 e. The van der Waals surface area contributed by atoms with Gasteiger partial charge in [0, 0.05) is 6.20 Å². The molecule has 0 N–H and O–H groups in total. The maximum atomic E-state index is 8.98. The third kappa shape index (κ3) is 1.89. The smallest absolute Gasteiger partial charge is 0.0784 e. The highest BCUT2D eigenvalue weighted by Crippen LogP contribution is 2.24. The summed E-state index contributed by atoms with van der Waals surface area (Å²) in [4.78, 5) is 4.11. The minimum Gasteiger partial charge on any atom is -0.260 e. The molecule has 3 heteroatoms. The summed E-state index contributed by atoms with van der Waals surface area (Å²) in [5.41, 5.74) is 0.950. The van der Waals surface area contributed by atoms with Crippen LogP contribution in [0.2, 0.25) is 0 Å². The zero-order valence-electron chi connectivity index (χ0n) is 8.28. The summed E-state index contributed by atoms with van der Waals surface area (Å²) in [5.74, 6) is 0. The van der Waals surface area contributed by atoms with E-state index in [1.807, 2.05) is 26.0 Å². The average Bonchev–Trinajstić information content (AvgIpc) is 2.19. The molecule has 0 aliphatic rings. The molecule has 0 fully saturated rings. The van der Waals surface area contributed by atoms with Gasteiger partial charge in [-0.05, 0) is 25.5 Å². The quantitative estimate of drug-likeness (QED) is 0.707. The Labute approximate surface area is 83.6 Å². The van der Waals surface area contributed by atoms with Gasteiger partial charge in [-0.3, -0.25) is 4.98 Å². The standard InChI is InChI=1S/C11H11N3/c1-11(2,8-13)9-4-3-7-14-10(9)5-6-12/h3-4,7H,5H2,1-2H3. The van der Waals surface area contributed by atoms with E-state index in [0.717, 1.165) is 5.56 Å². The van der Waals surface area contributed by atoms with E-state index in [4.69, 9.17) is 10.5 Å². The van der Waals surface area contributed by atoms with Gasteiger partial charge in [-0.15, -0.1) is 0 Å². The molecule has 14 heavy (non-hydrogen) atoms. The average molecular weight is 185 g/mol. The molecule has 0 unspecified atom stereocenters. The number of nitriles is 2. The van der Waals surface area contributed by atoms with E-state index in [9.17, 15) is 0 Å². The molecule has 0 atom stereocenters. The summed E-state index contributed by atoms with van der Waals surface area (Å²) in [6.45, 7) is 3.65. The van der Waals surface area contributed by atoms with Crippen molar-refractivity contribution < 1.29 is 0 Å². The summed E-state index contributed by atoms with van der Waals surface area (Å²) in [7, 11) is 0. The Kier molecular flexibility index (Phi) is 2.84. The van der Waals surface area contributed by atoms with Crippen molar-refractivity contribution in [1.29, 1.82) is 10.5 Å². The molecule has 1 aromatic rings. The summed E-state index contributed by atoms with van der Waals surface area (Å²) in [6.07, 6.45) is 1.89. The van der Waals surface area contributed by atoms with Crippen molar-refractivity contribution in [3.8, 4) is 12.1 Å². The molecule has 0 spiro atoms. The van der Waals surface area contributed by atoms with Crippen LogP contribution in [0.25, 0.3) is 0 Å². The van der Waals surface area contributed by atoms with Gasteiger partial charge in [0.1, 0.15) is 0 Å². The van der Waals surface area contributed by atoms with Gasteiger partial charge in [-0.25, -0.2) is 0 Å². The van der Waals surface area contributed by atoms with Crippen LogP contribution in [0.3, 0.4) is 0 Å². The van der Waals surface area contributed by atoms with Crippen LogP contribution in [-0.4, -0.2) is 4.98 Å². The van der Waals surface area contributed by atoms with E-state index in [1.165, 1.54) is 0 Å². The first-order valence-electron chi connectivity index (χ1n) is 4.34. The maximum absolute atomic E-state index is 8.98. The number of hydrogen-bond donors (Lipinski definition) is 0. The van der Waals surface area contributed by atoms with Crippen LogP contribution >= 0.6 is 0 Å². The Morgan fingerprint density at radius 1 is 1.43 bits per heavy atom. The van der Waals surface area contributed by atoms with Crippen LogP contribution in [0.1, 0.15) is 25.1 Å². The first-order chi connectivity index (χ1) is 6.61. The molecule has 0 saturated heterocycles. The number of rotatable bonds is 2. The van der Waals surface area contributed by atoms with Crippen LogP contribution in [0.15, 0.2) is 18.3 Å². The highest BCUT2D eigenvalue weighted by atomic mass is 14.7. The van der Waals surface area contributed by atoms with Gasteiger partial charge >= 0.3 is 0 Å². The molecule has 70 valence electrons. The van der Waals surface area contributed by atoms with E-state index < -0.39 is 5.41 Å². The minimum absolute atomic E-state index is 0.251. The fourth-order valence-electron chi connectivity index (χ4n) is 1.28. The molecule has 1 aromatic heterocycles. The second-order valence-electron chi connectivity index (χ2n) is 3.57. The van der Waals surface area contributed by atoms with Gasteiger partial charge in [0.2, 0.25) is 0 Å². The molecule has 0 saturated carbocycles. The summed E-state index contributed by atoms with van der Waals surface area (Å²) in [5, 5.41) is 17.6. The lowest BCUT2D eigenvalue weighted by Crippen LogP contribution is -2.17. The summed E-state index contributed by atoms with van der Waals surface area (Å²) < 4.78 is 0. The van der Waals surface area contributed by atoms with Crippen molar-refractivity contribution in [3.05, 3.63) is 29.6 Å². The van der Waals surface area contributed by atoms with Gasteiger partial charge in [0.15, 0.2) is 0 Å². The molecule has 1 rings (SSSR count). The second kappa shape index (κ2) is 3.89. The molecule has 0 aliphatic heterocycles. The first-order valence-corrected chi connectivity index (χ1v) is 4.34. The molecule has 0 aromatic carbocycles. The Bertz CT molecular complexity index is 407. The molecule has 0 bridgehead atoms. The topological polar surface area (TPSA) is 60.5 Å². The Morgan fingerprint density at radius 3 is 2.71 bits per heavy atom. The van der Waals surface area contributed by atoms with Crippen molar-refractivity contribution >= 4 is 0 Å². The van der Waals surface area contributed by atoms with Crippen molar-refractivity contribution in [2.45, 2.75) is 25.7 Å². The van der Waals surface area contributed by atoms with Crippen LogP contribution in [0.4, 0.5) is 0 Å². The Hall–Kier alpha value is -1.87.